The van der Waals surface area contributed by atoms with E-state index in [1.165, 1.54) is 5.56 Å². The predicted octanol–water partition coefficient (Wildman–Crippen LogP) is 3.36. The highest BCUT2D eigenvalue weighted by atomic mass is 16.5. The van der Waals surface area contributed by atoms with Crippen LogP contribution in [0.3, 0.4) is 0 Å². The fraction of sp³-hybridized carbons (Fsp3) is 0.381. The number of hydrogen-bond donors (Lipinski definition) is 1. The number of ether oxygens (including phenoxy) is 1. The van der Waals surface area contributed by atoms with E-state index in [1.54, 1.807) is 6.08 Å². The SMILES string of the molecule is C=CCO[C@H]1CCN(C(=O)CCc2ccc[nH]2)[C@H]1Cc1ccccc1. The summed E-state index contributed by atoms with van der Waals surface area (Å²) in [5, 5.41) is 0. The quantitative estimate of drug-likeness (QED) is 0.750. The largest absolute Gasteiger partial charge is 0.372 e. The fourth-order valence-electron chi connectivity index (χ4n) is 3.53. The molecular formula is C21H26N2O2. The van der Waals surface area contributed by atoms with Crippen molar-refractivity contribution in [1.82, 2.24) is 9.88 Å². The van der Waals surface area contributed by atoms with Crippen LogP contribution in [-0.4, -0.2) is 41.1 Å². The van der Waals surface area contributed by atoms with Gasteiger partial charge in [0.25, 0.3) is 0 Å². The molecule has 1 aliphatic heterocycles. The lowest BCUT2D eigenvalue weighted by atomic mass is 10.0. The van der Waals surface area contributed by atoms with Gasteiger partial charge in [0, 0.05) is 24.9 Å². The third-order valence-electron chi connectivity index (χ3n) is 4.79. The number of carbonyl (C=O) groups excluding carboxylic acids is 1. The van der Waals surface area contributed by atoms with E-state index in [9.17, 15) is 4.79 Å². The van der Waals surface area contributed by atoms with E-state index in [1.807, 2.05) is 41.4 Å². The van der Waals surface area contributed by atoms with E-state index in [0.717, 1.165) is 31.5 Å². The van der Waals surface area contributed by atoms with Gasteiger partial charge < -0.3 is 14.6 Å². The third-order valence-corrected chi connectivity index (χ3v) is 4.79. The molecule has 2 atom stereocenters. The first-order valence-electron chi connectivity index (χ1n) is 8.96. The van der Waals surface area contributed by atoms with Crippen molar-refractivity contribution in [3.8, 4) is 0 Å². The van der Waals surface area contributed by atoms with Crippen molar-refractivity contribution in [3.63, 3.8) is 0 Å². The molecule has 0 radical (unpaired) electrons. The zero-order valence-corrected chi connectivity index (χ0v) is 14.6. The minimum Gasteiger partial charge on any atom is -0.372 e. The molecule has 1 fully saturated rings. The first kappa shape index (κ1) is 17.5. The average molecular weight is 338 g/mol. The summed E-state index contributed by atoms with van der Waals surface area (Å²) in [4.78, 5) is 18.0. The number of rotatable bonds is 8. The number of amides is 1. The summed E-state index contributed by atoms with van der Waals surface area (Å²) in [6.07, 6.45) is 6.74. The summed E-state index contributed by atoms with van der Waals surface area (Å²) < 4.78 is 5.95. The lowest BCUT2D eigenvalue weighted by Crippen LogP contribution is -2.42. The van der Waals surface area contributed by atoms with Crippen LogP contribution >= 0.6 is 0 Å². The number of aryl methyl sites for hydroxylation is 1. The van der Waals surface area contributed by atoms with Gasteiger partial charge in [0.05, 0.1) is 18.8 Å². The highest BCUT2D eigenvalue weighted by molar-refractivity contribution is 5.77. The van der Waals surface area contributed by atoms with E-state index in [2.05, 4.69) is 23.7 Å². The zero-order valence-electron chi connectivity index (χ0n) is 14.6. The Hall–Kier alpha value is -2.33. The van der Waals surface area contributed by atoms with Crippen LogP contribution < -0.4 is 0 Å². The molecule has 1 saturated heterocycles. The summed E-state index contributed by atoms with van der Waals surface area (Å²) >= 11 is 0. The summed E-state index contributed by atoms with van der Waals surface area (Å²) in [6.45, 7) is 5.03. The number of aromatic amines is 1. The fourth-order valence-corrected chi connectivity index (χ4v) is 3.53. The maximum absolute atomic E-state index is 12.8. The molecule has 1 amide bonds. The van der Waals surface area contributed by atoms with Gasteiger partial charge in [-0.05, 0) is 37.0 Å². The molecule has 0 saturated carbocycles. The Labute approximate surface area is 149 Å². The van der Waals surface area contributed by atoms with E-state index in [0.29, 0.717) is 13.0 Å². The number of nitrogens with zero attached hydrogens (tertiary/aromatic N) is 1. The molecule has 2 aromatic rings. The van der Waals surface area contributed by atoms with E-state index < -0.39 is 0 Å². The second kappa shape index (κ2) is 8.67. The highest BCUT2D eigenvalue weighted by Crippen LogP contribution is 2.25. The van der Waals surface area contributed by atoms with Crippen LogP contribution in [0.25, 0.3) is 0 Å². The average Bonchev–Trinajstić information content (AvgIpc) is 3.29. The summed E-state index contributed by atoms with van der Waals surface area (Å²) in [7, 11) is 0. The van der Waals surface area contributed by atoms with Gasteiger partial charge in [0.2, 0.25) is 5.91 Å². The van der Waals surface area contributed by atoms with Crippen LogP contribution in [-0.2, 0) is 22.4 Å². The smallest absolute Gasteiger partial charge is 0.223 e. The van der Waals surface area contributed by atoms with Gasteiger partial charge in [-0.2, -0.15) is 0 Å². The predicted molar refractivity (Wildman–Crippen MR) is 99.3 cm³/mol. The summed E-state index contributed by atoms with van der Waals surface area (Å²) in [5.74, 6) is 0.209. The maximum Gasteiger partial charge on any atom is 0.223 e. The van der Waals surface area contributed by atoms with Gasteiger partial charge in [0.15, 0.2) is 0 Å². The molecule has 4 nitrogen and oxygen atoms in total. The van der Waals surface area contributed by atoms with Crippen molar-refractivity contribution >= 4 is 5.91 Å². The topological polar surface area (TPSA) is 45.3 Å². The molecule has 1 N–H and O–H groups in total. The Bertz CT molecular complexity index is 666. The summed E-state index contributed by atoms with van der Waals surface area (Å²) in [6, 6.07) is 14.4. The van der Waals surface area contributed by atoms with Crippen molar-refractivity contribution in [2.75, 3.05) is 13.2 Å². The maximum atomic E-state index is 12.8. The third kappa shape index (κ3) is 4.60. The number of nitrogens with one attached hydrogen (secondary N) is 1. The molecule has 132 valence electrons. The minimum absolute atomic E-state index is 0.0765. The Kier molecular flexibility index (Phi) is 6.07. The van der Waals surface area contributed by atoms with Crippen LogP contribution in [0.1, 0.15) is 24.1 Å². The number of aromatic nitrogens is 1. The lowest BCUT2D eigenvalue weighted by molar-refractivity contribution is -0.133. The first-order valence-corrected chi connectivity index (χ1v) is 8.96. The van der Waals surface area contributed by atoms with Gasteiger partial charge in [0.1, 0.15) is 0 Å². The Morgan fingerprint density at radius 1 is 1.28 bits per heavy atom. The molecular weight excluding hydrogens is 312 g/mol. The molecule has 2 heterocycles. The van der Waals surface area contributed by atoms with Crippen LogP contribution in [0.4, 0.5) is 0 Å². The van der Waals surface area contributed by atoms with Gasteiger partial charge in [-0.25, -0.2) is 0 Å². The van der Waals surface area contributed by atoms with Gasteiger partial charge in [-0.15, -0.1) is 6.58 Å². The molecule has 0 unspecified atom stereocenters. The molecule has 1 aromatic carbocycles. The molecule has 1 aliphatic rings. The standard InChI is InChI=1S/C21H26N2O2/c1-2-15-25-20-12-14-23(19(20)16-17-7-4-3-5-8-17)21(24)11-10-18-9-6-13-22-18/h2-9,13,19-20,22H,1,10-12,14-16H2/t19-,20-/m0/s1. The number of benzene rings is 1. The van der Waals surface area contributed by atoms with Gasteiger partial charge >= 0.3 is 0 Å². The van der Waals surface area contributed by atoms with Crippen LogP contribution in [0.15, 0.2) is 61.3 Å². The van der Waals surface area contributed by atoms with Crippen molar-refractivity contribution in [1.29, 1.82) is 0 Å². The van der Waals surface area contributed by atoms with Crippen LogP contribution in [0.5, 0.6) is 0 Å². The van der Waals surface area contributed by atoms with Crippen molar-refractivity contribution < 1.29 is 9.53 Å². The van der Waals surface area contributed by atoms with Crippen molar-refractivity contribution in [2.24, 2.45) is 0 Å². The second-order valence-electron chi connectivity index (χ2n) is 6.49. The zero-order chi connectivity index (χ0) is 17.5. The van der Waals surface area contributed by atoms with E-state index >= 15 is 0 Å². The monoisotopic (exact) mass is 338 g/mol. The Morgan fingerprint density at radius 3 is 2.84 bits per heavy atom. The molecule has 1 aromatic heterocycles. The second-order valence-corrected chi connectivity index (χ2v) is 6.49. The molecule has 0 bridgehead atoms. The van der Waals surface area contributed by atoms with Crippen LogP contribution in [0, 0.1) is 0 Å². The number of H-pyrrole nitrogens is 1. The number of hydrogen-bond acceptors (Lipinski definition) is 2. The van der Waals surface area contributed by atoms with Crippen molar-refractivity contribution in [2.45, 2.75) is 37.8 Å². The highest BCUT2D eigenvalue weighted by Gasteiger charge is 2.37. The number of likely N-dealkylation sites (tertiary alicyclic amines) is 1. The Morgan fingerprint density at radius 2 is 2.12 bits per heavy atom. The normalized spacial score (nSPS) is 19.9. The van der Waals surface area contributed by atoms with Gasteiger partial charge in [-0.1, -0.05) is 36.4 Å². The summed E-state index contributed by atoms with van der Waals surface area (Å²) in [5.41, 5.74) is 2.34. The molecule has 25 heavy (non-hydrogen) atoms. The van der Waals surface area contributed by atoms with Gasteiger partial charge in [-0.3, -0.25) is 4.79 Å². The minimum atomic E-state index is 0.0765. The van der Waals surface area contributed by atoms with E-state index in [4.69, 9.17) is 4.74 Å². The molecule has 3 rings (SSSR count). The Balaban J connectivity index is 1.66. The molecule has 4 heteroatoms. The lowest BCUT2D eigenvalue weighted by Gasteiger charge is -2.28. The van der Waals surface area contributed by atoms with Crippen LogP contribution in [0.2, 0.25) is 0 Å². The van der Waals surface area contributed by atoms with E-state index in [-0.39, 0.29) is 18.1 Å². The molecule has 0 aliphatic carbocycles. The number of carbonyl (C=O) groups is 1. The first-order chi connectivity index (χ1) is 12.3. The molecule has 0 spiro atoms. The van der Waals surface area contributed by atoms with Crippen molar-refractivity contribution in [3.05, 3.63) is 72.6 Å².